The van der Waals surface area contributed by atoms with Crippen molar-refractivity contribution in [3.05, 3.63) is 64.5 Å². The molecule has 33 heavy (non-hydrogen) atoms. The molecule has 1 N–H and O–H groups in total. The summed E-state index contributed by atoms with van der Waals surface area (Å²) in [7, 11) is 0. The number of H-pyrrole nitrogens is 1. The van der Waals surface area contributed by atoms with Gasteiger partial charge in [0.25, 0.3) is 0 Å². The minimum absolute atomic E-state index is 0.401. The molecule has 9 heteroatoms. The van der Waals surface area contributed by atoms with Crippen LogP contribution >= 0.6 is 0 Å². The summed E-state index contributed by atoms with van der Waals surface area (Å²) in [4.78, 5) is 28.6. The molecule has 0 amide bonds. The molecule has 0 bridgehead atoms. The van der Waals surface area contributed by atoms with E-state index in [2.05, 4.69) is 44.3 Å². The summed E-state index contributed by atoms with van der Waals surface area (Å²) in [5, 5.41) is 4.58. The number of hydrazine groups is 1. The van der Waals surface area contributed by atoms with E-state index in [0.717, 1.165) is 53.6 Å². The SMILES string of the molecule is CCN(c1cc(C)cn2c(-c3ccnc(=O)[nH]3)c(-c3cccc(C)n3)nc12)N1CCOCC1. The molecular formula is C24H27N7O2. The summed E-state index contributed by atoms with van der Waals surface area (Å²) in [5.74, 6) is 0. The van der Waals surface area contributed by atoms with Crippen molar-refractivity contribution in [2.24, 2.45) is 0 Å². The molecule has 0 radical (unpaired) electrons. The Hall–Kier alpha value is -3.56. The molecule has 1 fully saturated rings. The highest BCUT2D eigenvalue weighted by atomic mass is 16.5. The number of rotatable bonds is 5. The summed E-state index contributed by atoms with van der Waals surface area (Å²) < 4.78 is 7.62. The largest absolute Gasteiger partial charge is 0.379 e. The topological polar surface area (TPSA) is 91.6 Å². The van der Waals surface area contributed by atoms with Crippen LogP contribution < -0.4 is 10.7 Å². The maximum Gasteiger partial charge on any atom is 0.345 e. The first kappa shape index (κ1) is 21.3. The second-order valence-electron chi connectivity index (χ2n) is 8.14. The van der Waals surface area contributed by atoms with E-state index >= 15 is 0 Å². The van der Waals surface area contributed by atoms with Gasteiger partial charge in [0, 0.05) is 37.7 Å². The Morgan fingerprint density at radius 1 is 1.15 bits per heavy atom. The minimum atomic E-state index is -0.401. The first-order valence-electron chi connectivity index (χ1n) is 11.2. The zero-order valence-electron chi connectivity index (χ0n) is 19.1. The number of pyridine rings is 2. The molecule has 1 aliphatic heterocycles. The van der Waals surface area contributed by atoms with Crippen LogP contribution in [0, 0.1) is 13.8 Å². The fraction of sp³-hybridized carbons (Fsp3) is 0.333. The highest BCUT2D eigenvalue weighted by Gasteiger charge is 2.25. The molecule has 0 unspecified atom stereocenters. The van der Waals surface area contributed by atoms with Gasteiger partial charge in [0.2, 0.25) is 0 Å². The van der Waals surface area contributed by atoms with Crippen molar-refractivity contribution in [1.29, 1.82) is 0 Å². The molecule has 0 saturated carbocycles. The molecule has 5 rings (SSSR count). The summed E-state index contributed by atoms with van der Waals surface area (Å²) >= 11 is 0. The van der Waals surface area contributed by atoms with Crippen molar-refractivity contribution in [3.63, 3.8) is 0 Å². The predicted octanol–water partition coefficient (Wildman–Crippen LogP) is 2.84. The third-order valence-corrected chi connectivity index (χ3v) is 5.80. The van der Waals surface area contributed by atoms with Crippen molar-refractivity contribution in [3.8, 4) is 22.8 Å². The number of aryl methyl sites for hydroxylation is 2. The molecule has 0 aliphatic carbocycles. The van der Waals surface area contributed by atoms with Crippen LogP contribution in [0.4, 0.5) is 5.69 Å². The average Bonchev–Trinajstić information content (AvgIpc) is 3.20. The van der Waals surface area contributed by atoms with Crippen LogP contribution in [0.1, 0.15) is 18.2 Å². The number of morpholine rings is 1. The van der Waals surface area contributed by atoms with Gasteiger partial charge in [-0.2, -0.15) is 0 Å². The normalized spacial score (nSPS) is 14.6. The Morgan fingerprint density at radius 3 is 2.70 bits per heavy atom. The van der Waals surface area contributed by atoms with E-state index in [1.165, 1.54) is 6.20 Å². The van der Waals surface area contributed by atoms with E-state index in [1.807, 2.05) is 31.3 Å². The summed E-state index contributed by atoms with van der Waals surface area (Å²) in [6.45, 7) is 10.0. The van der Waals surface area contributed by atoms with Crippen LogP contribution in [0.2, 0.25) is 0 Å². The van der Waals surface area contributed by atoms with Crippen molar-refractivity contribution in [2.45, 2.75) is 20.8 Å². The zero-order chi connectivity index (χ0) is 22.9. The Balaban J connectivity index is 1.80. The van der Waals surface area contributed by atoms with Gasteiger partial charge < -0.3 is 14.7 Å². The summed E-state index contributed by atoms with van der Waals surface area (Å²) in [6, 6.07) is 9.84. The lowest BCUT2D eigenvalue weighted by molar-refractivity contribution is 0.0323. The lowest BCUT2D eigenvalue weighted by Crippen LogP contribution is -2.49. The number of aromatic nitrogens is 5. The van der Waals surface area contributed by atoms with Gasteiger partial charge in [-0.05, 0) is 50.6 Å². The standard InChI is InChI=1S/C24H27N7O2/c1-4-31(29-10-12-33-13-11-29)20-14-16(2)15-30-22(19-8-9-25-24(32)27-19)21(28-23(20)30)18-7-5-6-17(3)26-18/h5-9,14-15H,4,10-13H2,1-3H3,(H,25,27,32). The molecule has 0 atom stereocenters. The number of aromatic amines is 1. The smallest absolute Gasteiger partial charge is 0.345 e. The summed E-state index contributed by atoms with van der Waals surface area (Å²) in [5.41, 5.74) is 6.30. The Bertz CT molecular complexity index is 1350. The van der Waals surface area contributed by atoms with Gasteiger partial charge in [0.1, 0.15) is 5.69 Å². The maximum atomic E-state index is 12.1. The zero-order valence-corrected chi connectivity index (χ0v) is 19.1. The van der Waals surface area contributed by atoms with Crippen LogP contribution in [-0.4, -0.2) is 62.2 Å². The van der Waals surface area contributed by atoms with E-state index in [0.29, 0.717) is 24.6 Å². The van der Waals surface area contributed by atoms with E-state index in [-0.39, 0.29) is 0 Å². The second-order valence-corrected chi connectivity index (χ2v) is 8.14. The molecule has 5 heterocycles. The van der Waals surface area contributed by atoms with Gasteiger partial charge in [-0.15, -0.1) is 0 Å². The number of hydrogen-bond acceptors (Lipinski definition) is 7. The van der Waals surface area contributed by atoms with Crippen molar-refractivity contribution in [1.82, 2.24) is 29.3 Å². The number of fused-ring (bicyclic) bond motifs is 1. The molecule has 1 aliphatic rings. The molecule has 4 aromatic rings. The molecule has 0 spiro atoms. The minimum Gasteiger partial charge on any atom is -0.379 e. The van der Waals surface area contributed by atoms with Gasteiger partial charge in [-0.25, -0.2) is 19.8 Å². The number of imidazole rings is 1. The monoisotopic (exact) mass is 445 g/mol. The Kier molecular flexibility index (Phi) is 5.65. The second kappa shape index (κ2) is 8.76. The first-order chi connectivity index (χ1) is 16.0. The number of ether oxygens (including phenoxy) is 1. The van der Waals surface area contributed by atoms with Crippen LogP contribution in [0.3, 0.4) is 0 Å². The molecule has 1 saturated heterocycles. The fourth-order valence-electron chi connectivity index (χ4n) is 4.39. The van der Waals surface area contributed by atoms with E-state index in [9.17, 15) is 4.79 Å². The van der Waals surface area contributed by atoms with Gasteiger partial charge in [0.15, 0.2) is 5.65 Å². The van der Waals surface area contributed by atoms with Crippen LogP contribution in [0.25, 0.3) is 28.4 Å². The number of hydrogen-bond donors (Lipinski definition) is 1. The quantitative estimate of drug-likeness (QED) is 0.505. The Labute approximate surface area is 191 Å². The lowest BCUT2D eigenvalue weighted by Gasteiger charge is -2.38. The van der Waals surface area contributed by atoms with Gasteiger partial charge >= 0.3 is 5.69 Å². The number of anilines is 1. The number of nitrogens with zero attached hydrogens (tertiary/aromatic N) is 6. The highest BCUT2D eigenvalue weighted by molar-refractivity contribution is 5.83. The van der Waals surface area contributed by atoms with E-state index < -0.39 is 5.69 Å². The molecular weight excluding hydrogens is 418 g/mol. The molecule has 9 nitrogen and oxygen atoms in total. The van der Waals surface area contributed by atoms with E-state index in [1.54, 1.807) is 6.07 Å². The highest BCUT2D eigenvalue weighted by Crippen LogP contribution is 2.35. The van der Waals surface area contributed by atoms with Crippen molar-refractivity contribution >= 4 is 11.3 Å². The third-order valence-electron chi connectivity index (χ3n) is 5.80. The fourth-order valence-corrected chi connectivity index (χ4v) is 4.39. The molecule has 170 valence electrons. The van der Waals surface area contributed by atoms with Crippen molar-refractivity contribution in [2.75, 3.05) is 37.9 Å². The number of nitrogens with one attached hydrogen (secondary N) is 1. The van der Waals surface area contributed by atoms with Crippen molar-refractivity contribution < 1.29 is 4.74 Å². The lowest BCUT2D eigenvalue weighted by atomic mass is 10.1. The Morgan fingerprint density at radius 2 is 1.97 bits per heavy atom. The van der Waals surface area contributed by atoms with Crippen LogP contribution in [0.5, 0.6) is 0 Å². The van der Waals surface area contributed by atoms with Crippen LogP contribution in [0.15, 0.2) is 47.5 Å². The summed E-state index contributed by atoms with van der Waals surface area (Å²) in [6.07, 6.45) is 3.57. The maximum absolute atomic E-state index is 12.1. The van der Waals surface area contributed by atoms with Gasteiger partial charge in [0.05, 0.1) is 36.0 Å². The average molecular weight is 446 g/mol. The van der Waals surface area contributed by atoms with Gasteiger partial charge in [-0.1, -0.05) is 6.07 Å². The first-order valence-corrected chi connectivity index (χ1v) is 11.2. The predicted molar refractivity (Wildman–Crippen MR) is 127 cm³/mol. The molecule has 4 aromatic heterocycles. The van der Waals surface area contributed by atoms with E-state index in [4.69, 9.17) is 14.7 Å². The van der Waals surface area contributed by atoms with Gasteiger partial charge in [-0.3, -0.25) is 9.38 Å². The molecule has 0 aromatic carbocycles. The third kappa shape index (κ3) is 4.01. The van der Waals surface area contributed by atoms with Crippen LogP contribution in [-0.2, 0) is 4.74 Å².